The van der Waals surface area contributed by atoms with Gasteiger partial charge in [0.25, 0.3) is 0 Å². The number of nitrogens with one attached hydrogen (secondary N) is 2. The number of amides is 2. The van der Waals surface area contributed by atoms with Gasteiger partial charge in [-0.3, -0.25) is 0 Å². The van der Waals surface area contributed by atoms with E-state index in [1.807, 2.05) is 12.1 Å². The summed E-state index contributed by atoms with van der Waals surface area (Å²) in [4.78, 5) is 11.9. The van der Waals surface area contributed by atoms with Crippen molar-refractivity contribution in [2.75, 3.05) is 12.4 Å². The van der Waals surface area contributed by atoms with Gasteiger partial charge in [-0.05, 0) is 29.8 Å². The van der Waals surface area contributed by atoms with Gasteiger partial charge >= 0.3 is 6.03 Å². The Bertz CT molecular complexity index is 647. The topological polar surface area (TPSA) is 50.4 Å². The fourth-order valence-electron chi connectivity index (χ4n) is 1.75. The summed E-state index contributed by atoms with van der Waals surface area (Å²) in [6, 6.07) is 12.0. The number of para-hydroxylation sites is 2. The number of anilines is 1. The van der Waals surface area contributed by atoms with Crippen molar-refractivity contribution in [3.05, 3.63) is 58.1 Å². The zero-order chi connectivity index (χ0) is 15.2. The van der Waals surface area contributed by atoms with Crippen LogP contribution in [0.2, 0.25) is 10.0 Å². The molecule has 0 atom stereocenters. The summed E-state index contributed by atoms with van der Waals surface area (Å²) in [5.74, 6) is 0.595. The van der Waals surface area contributed by atoms with Gasteiger partial charge < -0.3 is 15.4 Å². The summed E-state index contributed by atoms with van der Waals surface area (Å²) < 4.78 is 5.16. The Kier molecular flexibility index (Phi) is 5.31. The van der Waals surface area contributed by atoms with E-state index in [-0.39, 0.29) is 6.03 Å². The summed E-state index contributed by atoms with van der Waals surface area (Å²) in [5.41, 5.74) is 1.39. The van der Waals surface area contributed by atoms with E-state index in [1.54, 1.807) is 37.4 Å². The Balaban J connectivity index is 1.96. The lowest BCUT2D eigenvalue weighted by Gasteiger charge is -2.11. The first-order valence-electron chi connectivity index (χ1n) is 6.22. The van der Waals surface area contributed by atoms with Crippen LogP contribution in [0.25, 0.3) is 0 Å². The molecule has 0 radical (unpaired) electrons. The van der Waals surface area contributed by atoms with Crippen LogP contribution < -0.4 is 15.4 Å². The van der Waals surface area contributed by atoms with Crippen LogP contribution in [-0.4, -0.2) is 13.1 Å². The zero-order valence-corrected chi connectivity index (χ0v) is 12.8. The molecule has 4 nitrogen and oxygen atoms in total. The second-order valence-electron chi connectivity index (χ2n) is 4.24. The van der Waals surface area contributed by atoms with E-state index in [2.05, 4.69) is 10.6 Å². The molecule has 0 aliphatic carbocycles. The molecule has 6 heteroatoms. The van der Waals surface area contributed by atoms with Crippen LogP contribution in [0.3, 0.4) is 0 Å². The van der Waals surface area contributed by atoms with Crippen LogP contribution in [-0.2, 0) is 6.54 Å². The molecule has 2 N–H and O–H groups in total. The number of methoxy groups -OCH3 is 1. The number of hydrogen-bond donors (Lipinski definition) is 2. The molecule has 110 valence electrons. The fourth-order valence-corrected chi connectivity index (χ4v) is 2.23. The molecular formula is C15H14Cl2N2O2. The number of hydrogen-bond acceptors (Lipinski definition) is 2. The molecule has 0 aliphatic rings. The lowest BCUT2D eigenvalue weighted by Crippen LogP contribution is -2.28. The predicted octanol–water partition coefficient (Wildman–Crippen LogP) is 4.32. The summed E-state index contributed by atoms with van der Waals surface area (Å²) in [6.45, 7) is 0.303. The van der Waals surface area contributed by atoms with E-state index in [0.717, 1.165) is 5.56 Å². The fraction of sp³-hybridized carbons (Fsp3) is 0.133. The molecule has 21 heavy (non-hydrogen) atoms. The van der Waals surface area contributed by atoms with Crippen molar-refractivity contribution in [2.45, 2.75) is 6.54 Å². The minimum Gasteiger partial charge on any atom is -0.495 e. The number of urea groups is 1. The van der Waals surface area contributed by atoms with E-state index < -0.39 is 0 Å². The molecule has 2 aromatic rings. The lowest BCUT2D eigenvalue weighted by molar-refractivity contribution is 0.251. The van der Waals surface area contributed by atoms with Gasteiger partial charge in [-0.1, -0.05) is 41.4 Å². The van der Waals surface area contributed by atoms with Crippen LogP contribution in [0.15, 0.2) is 42.5 Å². The molecule has 2 rings (SSSR count). The highest BCUT2D eigenvalue weighted by Crippen LogP contribution is 2.23. The van der Waals surface area contributed by atoms with Crippen LogP contribution >= 0.6 is 23.2 Å². The summed E-state index contributed by atoms with van der Waals surface area (Å²) in [5, 5.41) is 6.52. The van der Waals surface area contributed by atoms with Crippen molar-refractivity contribution >= 4 is 34.9 Å². The molecule has 0 saturated heterocycles. The number of ether oxygens (including phenoxy) is 1. The molecule has 0 aliphatic heterocycles. The van der Waals surface area contributed by atoms with Crippen molar-refractivity contribution in [3.63, 3.8) is 0 Å². The van der Waals surface area contributed by atoms with Crippen LogP contribution in [0.5, 0.6) is 5.75 Å². The molecule has 2 amide bonds. The summed E-state index contributed by atoms with van der Waals surface area (Å²) >= 11 is 11.9. The van der Waals surface area contributed by atoms with Gasteiger partial charge in [0.15, 0.2) is 0 Å². The predicted molar refractivity (Wildman–Crippen MR) is 85.3 cm³/mol. The lowest BCUT2D eigenvalue weighted by atomic mass is 10.2. The van der Waals surface area contributed by atoms with Crippen molar-refractivity contribution in [2.24, 2.45) is 0 Å². The van der Waals surface area contributed by atoms with Gasteiger partial charge in [-0.2, -0.15) is 0 Å². The van der Waals surface area contributed by atoms with Gasteiger partial charge in [0.2, 0.25) is 0 Å². The normalized spacial score (nSPS) is 10.0. The second kappa shape index (κ2) is 7.20. The van der Waals surface area contributed by atoms with Gasteiger partial charge in [-0.15, -0.1) is 0 Å². The van der Waals surface area contributed by atoms with Crippen LogP contribution in [0, 0.1) is 0 Å². The second-order valence-corrected chi connectivity index (χ2v) is 5.09. The maximum atomic E-state index is 11.9. The third-order valence-electron chi connectivity index (χ3n) is 2.81. The van der Waals surface area contributed by atoms with E-state index >= 15 is 0 Å². The molecule has 2 aromatic carbocycles. The maximum Gasteiger partial charge on any atom is 0.319 e. The third kappa shape index (κ3) is 4.28. The largest absolute Gasteiger partial charge is 0.495 e. The SMILES string of the molecule is COc1ccccc1NC(=O)NCc1ccc(Cl)cc1Cl. The van der Waals surface area contributed by atoms with Crippen LogP contribution in [0.4, 0.5) is 10.5 Å². The van der Waals surface area contributed by atoms with E-state index in [0.29, 0.717) is 28.0 Å². The smallest absolute Gasteiger partial charge is 0.319 e. The molecule has 0 spiro atoms. The Labute approximate surface area is 133 Å². The van der Waals surface area contributed by atoms with Gasteiger partial charge in [0, 0.05) is 16.6 Å². The highest BCUT2D eigenvalue weighted by Gasteiger charge is 2.07. The quantitative estimate of drug-likeness (QED) is 0.879. The van der Waals surface area contributed by atoms with Crippen LogP contribution in [0.1, 0.15) is 5.56 Å². The van der Waals surface area contributed by atoms with E-state index in [9.17, 15) is 4.79 Å². The van der Waals surface area contributed by atoms with Crippen molar-refractivity contribution < 1.29 is 9.53 Å². The monoisotopic (exact) mass is 324 g/mol. The molecule has 0 bridgehead atoms. The molecule has 0 saturated carbocycles. The third-order valence-corrected chi connectivity index (χ3v) is 3.40. The first-order chi connectivity index (χ1) is 10.1. The number of halogens is 2. The first kappa shape index (κ1) is 15.5. The molecular weight excluding hydrogens is 311 g/mol. The van der Waals surface area contributed by atoms with Gasteiger partial charge in [0.1, 0.15) is 5.75 Å². The average Bonchev–Trinajstić information content (AvgIpc) is 2.47. The zero-order valence-electron chi connectivity index (χ0n) is 11.3. The van der Waals surface area contributed by atoms with Gasteiger partial charge in [0.05, 0.1) is 12.8 Å². The van der Waals surface area contributed by atoms with Crippen molar-refractivity contribution in [1.29, 1.82) is 0 Å². The standard InChI is InChI=1S/C15H14Cl2N2O2/c1-21-14-5-3-2-4-13(14)19-15(20)18-9-10-6-7-11(16)8-12(10)17/h2-8H,9H2,1H3,(H2,18,19,20). The molecule has 0 aromatic heterocycles. The summed E-state index contributed by atoms with van der Waals surface area (Å²) in [6.07, 6.45) is 0. The average molecular weight is 325 g/mol. The molecule has 0 unspecified atom stereocenters. The van der Waals surface area contributed by atoms with E-state index in [4.69, 9.17) is 27.9 Å². The van der Waals surface area contributed by atoms with Crippen molar-refractivity contribution in [3.8, 4) is 5.75 Å². The number of carbonyl (C=O) groups is 1. The first-order valence-corrected chi connectivity index (χ1v) is 6.97. The molecule has 0 fully saturated rings. The Morgan fingerprint density at radius 3 is 2.67 bits per heavy atom. The number of rotatable bonds is 4. The maximum absolute atomic E-state index is 11.9. The highest BCUT2D eigenvalue weighted by atomic mass is 35.5. The minimum atomic E-state index is -0.342. The number of benzene rings is 2. The Hall–Kier alpha value is -1.91. The van der Waals surface area contributed by atoms with Crippen molar-refractivity contribution in [1.82, 2.24) is 5.32 Å². The summed E-state index contributed by atoms with van der Waals surface area (Å²) in [7, 11) is 1.55. The molecule has 0 heterocycles. The number of carbonyl (C=O) groups excluding carboxylic acids is 1. The Morgan fingerprint density at radius 1 is 1.19 bits per heavy atom. The van der Waals surface area contributed by atoms with E-state index in [1.165, 1.54) is 0 Å². The highest BCUT2D eigenvalue weighted by molar-refractivity contribution is 6.35. The Morgan fingerprint density at radius 2 is 1.95 bits per heavy atom. The van der Waals surface area contributed by atoms with Gasteiger partial charge in [-0.25, -0.2) is 4.79 Å². The minimum absolute atomic E-state index is 0.303.